The molecule has 1 aliphatic rings. The standard InChI is InChI=1S/C13H15F3N4O6S/c1-27(25,26)18-4-2-9(3-5-18)17-12-10(19(21)22)6-8(13(14,15)16)7-11(12)20(23)24/h6-7,9,17H,2-5H2,1H3. The fourth-order valence-electron chi connectivity index (χ4n) is 2.75. The third-order valence-electron chi connectivity index (χ3n) is 4.09. The number of anilines is 1. The molecule has 0 atom stereocenters. The topological polar surface area (TPSA) is 136 Å². The second-order valence-corrected chi connectivity index (χ2v) is 7.96. The molecular weight excluding hydrogens is 397 g/mol. The highest BCUT2D eigenvalue weighted by molar-refractivity contribution is 7.88. The minimum absolute atomic E-state index is 0.0821. The van der Waals surface area contributed by atoms with Crippen molar-refractivity contribution >= 4 is 27.1 Å². The first-order valence-corrected chi connectivity index (χ1v) is 9.41. The van der Waals surface area contributed by atoms with Crippen molar-refractivity contribution in [3.05, 3.63) is 37.9 Å². The van der Waals surface area contributed by atoms with Gasteiger partial charge in [-0.25, -0.2) is 12.7 Å². The van der Waals surface area contributed by atoms with Crippen LogP contribution in [0.5, 0.6) is 0 Å². The second-order valence-electron chi connectivity index (χ2n) is 5.98. The first kappa shape index (κ1) is 20.8. The van der Waals surface area contributed by atoms with Crippen molar-refractivity contribution in [2.24, 2.45) is 0 Å². The van der Waals surface area contributed by atoms with Crippen LogP contribution in [0.4, 0.5) is 30.2 Å². The highest BCUT2D eigenvalue weighted by atomic mass is 32.2. The van der Waals surface area contributed by atoms with E-state index in [-0.39, 0.29) is 38.1 Å². The Labute approximate surface area is 151 Å². The van der Waals surface area contributed by atoms with Gasteiger partial charge in [0.1, 0.15) is 0 Å². The third kappa shape index (κ3) is 4.82. The van der Waals surface area contributed by atoms with Crippen molar-refractivity contribution in [2.75, 3.05) is 24.7 Å². The molecule has 0 spiro atoms. The quantitative estimate of drug-likeness (QED) is 0.579. The van der Waals surface area contributed by atoms with E-state index in [4.69, 9.17) is 0 Å². The second kappa shape index (κ2) is 7.26. The Kier molecular flexibility index (Phi) is 5.60. The smallest absolute Gasteiger partial charge is 0.371 e. The number of nitro groups is 2. The number of benzene rings is 1. The fraction of sp³-hybridized carbons (Fsp3) is 0.538. The van der Waals surface area contributed by atoms with E-state index in [1.807, 2.05) is 0 Å². The molecule has 150 valence electrons. The van der Waals surface area contributed by atoms with Gasteiger partial charge in [0.15, 0.2) is 5.69 Å². The van der Waals surface area contributed by atoms with Crippen LogP contribution in [-0.2, 0) is 16.2 Å². The van der Waals surface area contributed by atoms with Gasteiger partial charge in [0.25, 0.3) is 11.4 Å². The predicted molar refractivity (Wildman–Crippen MR) is 87.8 cm³/mol. The van der Waals surface area contributed by atoms with E-state index >= 15 is 0 Å². The Bertz CT molecular complexity index is 830. The van der Waals surface area contributed by atoms with Gasteiger partial charge >= 0.3 is 6.18 Å². The summed E-state index contributed by atoms with van der Waals surface area (Å²) in [6.07, 6.45) is -3.61. The maximum Gasteiger partial charge on any atom is 0.416 e. The van der Waals surface area contributed by atoms with Crippen molar-refractivity contribution in [2.45, 2.75) is 25.1 Å². The molecule has 1 aromatic rings. The van der Waals surface area contributed by atoms with Crippen LogP contribution < -0.4 is 5.32 Å². The summed E-state index contributed by atoms with van der Waals surface area (Å²) in [5.74, 6) is 0. The van der Waals surface area contributed by atoms with Crippen LogP contribution in [0, 0.1) is 20.2 Å². The normalized spacial score (nSPS) is 16.9. The molecule has 1 aromatic carbocycles. The summed E-state index contributed by atoms with van der Waals surface area (Å²) in [7, 11) is -3.42. The molecule has 14 heteroatoms. The Balaban J connectivity index is 2.38. The average Bonchev–Trinajstić information content (AvgIpc) is 2.53. The summed E-state index contributed by atoms with van der Waals surface area (Å²) in [6, 6.07) is -0.0980. The highest BCUT2D eigenvalue weighted by Gasteiger charge is 2.38. The molecule has 0 amide bonds. The molecule has 2 rings (SSSR count). The predicted octanol–water partition coefficient (Wildman–Crippen LogP) is 2.36. The Morgan fingerprint density at radius 1 is 1.11 bits per heavy atom. The van der Waals surface area contributed by atoms with Crippen LogP contribution in [-0.4, -0.2) is 48.0 Å². The highest BCUT2D eigenvalue weighted by Crippen LogP contribution is 2.41. The third-order valence-corrected chi connectivity index (χ3v) is 5.39. The number of sulfonamides is 1. The van der Waals surface area contributed by atoms with E-state index in [9.17, 15) is 41.8 Å². The molecule has 1 heterocycles. The van der Waals surface area contributed by atoms with E-state index in [0.717, 1.165) is 6.26 Å². The maximum absolute atomic E-state index is 12.9. The fourth-order valence-corrected chi connectivity index (χ4v) is 3.62. The minimum atomic E-state index is -4.99. The van der Waals surface area contributed by atoms with Gasteiger partial charge in [-0.3, -0.25) is 20.2 Å². The lowest BCUT2D eigenvalue weighted by molar-refractivity contribution is -0.392. The molecule has 0 radical (unpaired) electrons. The lowest BCUT2D eigenvalue weighted by atomic mass is 10.0. The molecule has 0 saturated carbocycles. The number of rotatable bonds is 5. The van der Waals surface area contributed by atoms with Gasteiger partial charge in [0, 0.05) is 31.3 Å². The zero-order chi connectivity index (χ0) is 20.6. The number of hydrogen-bond donors (Lipinski definition) is 1. The largest absolute Gasteiger partial charge is 0.416 e. The summed E-state index contributed by atoms with van der Waals surface area (Å²) in [4.78, 5) is 20.1. The number of nitrogens with zero attached hydrogens (tertiary/aromatic N) is 3. The lowest BCUT2D eigenvalue weighted by Gasteiger charge is -2.31. The molecule has 0 aliphatic carbocycles. The summed E-state index contributed by atoms with van der Waals surface area (Å²) in [5.41, 5.74) is -4.27. The molecule has 1 saturated heterocycles. The SMILES string of the molecule is CS(=O)(=O)N1CCC(Nc2c([N+](=O)[O-])cc(C(F)(F)F)cc2[N+](=O)[O-])CC1. The van der Waals surface area contributed by atoms with E-state index in [0.29, 0.717) is 0 Å². The number of halogens is 3. The Hall–Kier alpha value is -2.48. The molecule has 10 nitrogen and oxygen atoms in total. The van der Waals surface area contributed by atoms with Crippen molar-refractivity contribution in [3.8, 4) is 0 Å². The molecule has 0 unspecified atom stereocenters. The minimum Gasteiger partial charge on any atom is -0.371 e. The van der Waals surface area contributed by atoms with Crippen molar-refractivity contribution in [1.29, 1.82) is 0 Å². The Morgan fingerprint density at radius 2 is 1.56 bits per heavy atom. The zero-order valence-electron chi connectivity index (χ0n) is 13.9. The molecule has 27 heavy (non-hydrogen) atoms. The van der Waals surface area contributed by atoms with Crippen LogP contribution in [0.3, 0.4) is 0 Å². The van der Waals surface area contributed by atoms with E-state index in [2.05, 4.69) is 5.32 Å². The van der Waals surface area contributed by atoms with E-state index < -0.39 is 54.7 Å². The summed E-state index contributed by atoms with van der Waals surface area (Å²) >= 11 is 0. The van der Waals surface area contributed by atoms with Gasteiger partial charge in [0.2, 0.25) is 10.0 Å². The summed E-state index contributed by atoms with van der Waals surface area (Å²) in [6.45, 7) is 0.164. The van der Waals surface area contributed by atoms with Gasteiger partial charge in [0.05, 0.1) is 21.7 Å². The van der Waals surface area contributed by atoms with Gasteiger partial charge in [-0.15, -0.1) is 0 Å². The lowest BCUT2D eigenvalue weighted by Crippen LogP contribution is -2.42. The number of nitro benzene ring substituents is 2. The number of piperidine rings is 1. The number of alkyl halides is 3. The van der Waals surface area contributed by atoms with Crippen LogP contribution in [0.2, 0.25) is 0 Å². The first-order valence-electron chi connectivity index (χ1n) is 7.56. The summed E-state index contributed by atoms with van der Waals surface area (Å²) < 4.78 is 62.8. The van der Waals surface area contributed by atoms with Gasteiger partial charge in [-0.05, 0) is 12.8 Å². The van der Waals surface area contributed by atoms with Gasteiger partial charge in [-0.2, -0.15) is 13.2 Å². The van der Waals surface area contributed by atoms with Crippen LogP contribution in [0.1, 0.15) is 18.4 Å². The zero-order valence-corrected chi connectivity index (χ0v) is 14.7. The van der Waals surface area contributed by atoms with Crippen LogP contribution in [0.15, 0.2) is 12.1 Å². The molecule has 1 aliphatic heterocycles. The van der Waals surface area contributed by atoms with E-state index in [1.165, 1.54) is 4.31 Å². The number of hydrogen-bond acceptors (Lipinski definition) is 7. The monoisotopic (exact) mass is 412 g/mol. The van der Waals surface area contributed by atoms with Crippen molar-refractivity contribution in [3.63, 3.8) is 0 Å². The van der Waals surface area contributed by atoms with E-state index in [1.54, 1.807) is 0 Å². The first-order chi connectivity index (χ1) is 12.3. The van der Waals surface area contributed by atoms with Crippen molar-refractivity contribution < 1.29 is 31.4 Å². The van der Waals surface area contributed by atoms with Gasteiger partial charge in [-0.1, -0.05) is 0 Å². The molecule has 0 aromatic heterocycles. The molecule has 0 bridgehead atoms. The molecule has 1 N–H and O–H groups in total. The molecule has 1 fully saturated rings. The van der Waals surface area contributed by atoms with Crippen LogP contribution in [0.25, 0.3) is 0 Å². The summed E-state index contributed by atoms with van der Waals surface area (Å²) in [5, 5.41) is 24.9. The average molecular weight is 412 g/mol. The van der Waals surface area contributed by atoms with Crippen molar-refractivity contribution in [1.82, 2.24) is 4.31 Å². The number of nitrogens with one attached hydrogen (secondary N) is 1. The van der Waals surface area contributed by atoms with Gasteiger partial charge < -0.3 is 5.32 Å². The maximum atomic E-state index is 12.9. The van der Waals surface area contributed by atoms with Crippen LogP contribution >= 0.6 is 0 Å². The Morgan fingerprint density at radius 3 is 1.89 bits per heavy atom. The molecular formula is C13H15F3N4O6S.